The van der Waals surface area contributed by atoms with E-state index in [9.17, 15) is 0 Å². The van der Waals surface area contributed by atoms with E-state index in [1.165, 1.54) is 0 Å². The molecule has 0 aliphatic carbocycles. The molecule has 0 aromatic rings. The highest BCUT2D eigenvalue weighted by molar-refractivity contribution is 4.87. The Kier molecular flexibility index (Phi) is 8.35. The molecule has 0 aliphatic rings. The van der Waals surface area contributed by atoms with E-state index >= 15 is 0 Å². The summed E-state index contributed by atoms with van der Waals surface area (Å²) in [6, 6.07) is 2.34. The van der Waals surface area contributed by atoms with Crippen LogP contribution < -0.4 is 0 Å². The number of rotatable bonds is 8. The topological polar surface area (TPSA) is 30.3 Å². The predicted molar refractivity (Wildman–Crippen MR) is 64.7 cm³/mol. The van der Waals surface area contributed by atoms with Crippen LogP contribution in [-0.2, 0) is 0 Å². The zero-order valence-electron chi connectivity index (χ0n) is 10.7. The van der Waals surface area contributed by atoms with Crippen LogP contribution in [0.4, 0.5) is 0 Å². The van der Waals surface area contributed by atoms with Gasteiger partial charge in [0.2, 0.25) is 0 Å². The molecule has 0 fully saturated rings. The molecule has 0 radical (unpaired) electrons. The second kappa shape index (κ2) is 8.70. The van der Waals surface area contributed by atoms with E-state index in [0.29, 0.717) is 0 Å². The molecule has 0 aromatic carbocycles. The first kappa shape index (κ1) is 14.4. The van der Waals surface area contributed by atoms with Crippen molar-refractivity contribution in [3.8, 4) is 6.07 Å². The van der Waals surface area contributed by atoms with Gasteiger partial charge in [-0.1, -0.05) is 20.8 Å². The van der Waals surface area contributed by atoms with Gasteiger partial charge in [0.25, 0.3) is 0 Å². The third-order valence-corrected chi connectivity index (χ3v) is 2.95. The zero-order valence-corrected chi connectivity index (χ0v) is 10.7. The van der Waals surface area contributed by atoms with Crippen molar-refractivity contribution in [2.75, 3.05) is 32.7 Å². The number of nitriles is 1. The van der Waals surface area contributed by atoms with Crippen molar-refractivity contribution >= 4 is 0 Å². The Morgan fingerprint density at radius 1 is 1.07 bits per heavy atom. The predicted octanol–water partition coefficient (Wildman–Crippen LogP) is 1.95. The second-order valence-corrected chi connectivity index (χ2v) is 3.81. The van der Waals surface area contributed by atoms with Crippen molar-refractivity contribution in [2.45, 2.75) is 40.2 Å². The molecule has 0 heterocycles. The monoisotopic (exact) mass is 211 g/mol. The molecule has 88 valence electrons. The van der Waals surface area contributed by atoms with Crippen LogP contribution in [0.5, 0.6) is 0 Å². The summed E-state index contributed by atoms with van der Waals surface area (Å²) in [6.45, 7) is 13.9. The zero-order chi connectivity index (χ0) is 11.7. The van der Waals surface area contributed by atoms with Gasteiger partial charge in [-0.15, -0.1) is 0 Å². The fourth-order valence-electron chi connectivity index (χ4n) is 1.74. The summed E-state index contributed by atoms with van der Waals surface area (Å²) in [6.07, 6.45) is 1.15. The Labute approximate surface area is 94.7 Å². The molecule has 0 bridgehead atoms. The van der Waals surface area contributed by atoms with Gasteiger partial charge in [0.05, 0.1) is 12.1 Å². The standard InChI is InChI=1S/C12H25N3/c1-5-14(6-2)9-8-10-15(7-3)12(4)11-13/h12H,5-10H2,1-4H3. The van der Waals surface area contributed by atoms with Gasteiger partial charge in [-0.2, -0.15) is 5.26 Å². The lowest BCUT2D eigenvalue weighted by Crippen LogP contribution is -2.35. The molecule has 0 saturated heterocycles. The Morgan fingerprint density at radius 2 is 1.67 bits per heavy atom. The Morgan fingerprint density at radius 3 is 2.07 bits per heavy atom. The van der Waals surface area contributed by atoms with Crippen LogP contribution in [-0.4, -0.2) is 48.6 Å². The van der Waals surface area contributed by atoms with Gasteiger partial charge in [0, 0.05) is 6.54 Å². The Balaban J connectivity index is 3.77. The Bertz CT molecular complexity index is 182. The van der Waals surface area contributed by atoms with E-state index in [1.807, 2.05) is 6.92 Å². The van der Waals surface area contributed by atoms with Gasteiger partial charge < -0.3 is 4.90 Å². The Hall–Kier alpha value is -0.590. The highest BCUT2D eigenvalue weighted by Crippen LogP contribution is 2.00. The lowest BCUT2D eigenvalue weighted by Gasteiger charge is -2.24. The molecule has 0 rings (SSSR count). The van der Waals surface area contributed by atoms with Crippen molar-refractivity contribution < 1.29 is 0 Å². The summed E-state index contributed by atoms with van der Waals surface area (Å²) in [5, 5.41) is 8.84. The van der Waals surface area contributed by atoms with Gasteiger partial charge in [0.15, 0.2) is 0 Å². The number of hydrogen-bond acceptors (Lipinski definition) is 3. The van der Waals surface area contributed by atoms with Crippen molar-refractivity contribution in [1.82, 2.24) is 9.80 Å². The first-order valence-electron chi connectivity index (χ1n) is 6.05. The lowest BCUT2D eigenvalue weighted by molar-refractivity contribution is 0.226. The van der Waals surface area contributed by atoms with Crippen molar-refractivity contribution in [3.63, 3.8) is 0 Å². The van der Waals surface area contributed by atoms with Crippen LogP contribution in [0.2, 0.25) is 0 Å². The molecule has 0 spiro atoms. The second-order valence-electron chi connectivity index (χ2n) is 3.81. The molecular weight excluding hydrogens is 186 g/mol. The van der Waals surface area contributed by atoms with Crippen molar-refractivity contribution in [2.24, 2.45) is 0 Å². The van der Waals surface area contributed by atoms with Gasteiger partial charge >= 0.3 is 0 Å². The summed E-state index contributed by atoms with van der Waals surface area (Å²) in [5.41, 5.74) is 0. The molecule has 0 aromatic heterocycles. The summed E-state index contributed by atoms with van der Waals surface area (Å²) in [4.78, 5) is 4.65. The van der Waals surface area contributed by atoms with Crippen LogP contribution in [0.15, 0.2) is 0 Å². The largest absolute Gasteiger partial charge is 0.304 e. The number of hydrogen-bond donors (Lipinski definition) is 0. The molecule has 3 nitrogen and oxygen atoms in total. The fourth-order valence-corrected chi connectivity index (χ4v) is 1.74. The van der Waals surface area contributed by atoms with E-state index < -0.39 is 0 Å². The van der Waals surface area contributed by atoms with Crippen LogP contribution in [0.1, 0.15) is 34.1 Å². The fraction of sp³-hybridized carbons (Fsp3) is 0.917. The molecule has 15 heavy (non-hydrogen) atoms. The van der Waals surface area contributed by atoms with Crippen LogP contribution in [0.3, 0.4) is 0 Å². The van der Waals surface area contributed by atoms with Crippen molar-refractivity contribution in [1.29, 1.82) is 5.26 Å². The minimum absolute atomic E-state index is 0.0479. The first-order chi connectivity index (χ1) is 7.19. The third-order valence-electron chi connectivity index (χ3n) is 2.95. The molecule has 0 aliphatic heterocycles. The SMILES string of the molecule is CCN(CC)CCCN(CC)C(C)C#N. The molecular formula is C12H25N3. The first-order valence-corrected chi connectivity index (χ1v) is 6.05. The highest BCUT2D eigenvalue weighted by Gasteiger charge is 2.10. The van der Waals surface area contributed by atoms with Gasteiger partial charge in [-0.25, -0.2) is 0 Å². The van der Waals surface area contributed by atoms with E-state index in [0.717, 1.165) is 39.1 Å². The highest BCUT2D eigenvalue weighted by atomic mass is 15.2. The normalized spacial score (nSPS) is 13.1. The molecule has 1 atom stereocenters. The average Bonchev–Trinajstić information content (AvgIpc) is 2.28. The van der Waals surface area contributed by atoms with E-state index in [-0.39, 0.29) is 6.04 Å². The minimum Gasteiger partial charge on any atom is -0.304 e. The number of nitrogens with zero attached hydrogens (tertiary/aromatic N) is 3. The molecule has 3 heteroatoms. The van der Waals surface area contributed by atoms with Crippen LogP contribution in [0, 0.1) is 11.3 Å². The van der Waals surface area contributed by atoms with Crippen LogP contribution >= 0.6 is 0 Å². The molecule has 0 amide bonds. The van der Waals surface area contributed by atoms with Gasteiger partial charge in [-0.05, 0) is 39.5 Å². The van der Waals surface area contributed by atoms with Gasteiger partial charge in [0.1, 0.15) is 0 Å². The van der Waals surface area contributed by atoms with Crippen molar-refractivity contribution in [3.05, 3.63) is 0 Å². The summed E-state index contributed by atoms with van der Waals surface area (Å²) in [7, 11) is 0. The average molecular weight is 211 g/mol. The summed E-state index contributed by atoms with van der Waals surface area (Å²) >= 11 is 0. The maximum absolute atomic E-state index is 8.84. The van der Waals surface area contributed by atoms with Crippen LogP contribution in [0.25, 0.3) is 0 Å². The van der Waals surface area contributed by atoms with E-state index in [4.69, 9.17) is 5.26 Å². The summed E-state index contributed by atoms with van der Waals surface area (Å²) in [5.74, 6) is 0. The quantitative estimate of drug-likeness (QED) is 0.615. The van der Waals surface area contributed by atoms with E-state index in [1.54, 1.807) is 0 Å². The molecule has 0 N–H and O–H groups in total. The lowest BCUT2D eigenvalue weighted by atomic mass is 10.2. The smallest absolute Gasteiger partial charge is 0.0949 e. The minimum atomic E-state index is 0.0479. The summed E-state index contributed by atoms with van der Waals surface area (Å²) < 4.78 is 0. The molecule has 0 saturated carbocycles. The third kappa shape index (κ3) is 5.76. The van der Waals surface area contributed by atoms with Gasteiger partial charge in [-0.3, -0.25) is 4.90 Å². The van der Waals surface area contributed by atoms with E-state index in [2.05, 4.69) is 36.6 Å². The maximum atomic E-state index is 8.84. The molecule has 1 unspecified atom stereocenters. The maximum Gasteiger partial charge on any atom is 0.0949 e.